The van der Waals surface area contributed by atoms with Crippen LogP contribution in [-0.4, -0.2) is 43.1 Å². The molecule has 0 saturated carbocycles. The minimum Gasteiger partial charge on any atom is -0.491 e. The molecule has 2 rings (SSSR count). The van der Waals surface area contributed by atoms with Gasteiger partial charge >= 0.3 is 0 Å². The molecule has 1 fully saturated rings. The van der Waals surface area contributed by atoms with Crippen molar-refractivity contribution in [3.05, 3.63) is 29.8 Å². The first-order chi connectivity index (χ1) is 9.59. The van der Waals surface area contributed by atoms with Crippen LogP contribution in [0, 0.1) is 6.92 Å². The van der Waals surface area contributed by atoms with Crippen LogP contribution in [0.15, 0.2) is 24.3 Å². The molecule has 2 atom stereocenters. The molecule has 112 valence electrons. The summed E-state index contributed by atoms with van der Waals surface area (Å²) in [6, 6.07) is 7.83. The Labute approximate surface area is 121 Å². The molecule has 4 nitrogen and oxygen atoms in total. The van der Waals surface area contributed by atoms with E-state index in [4.69, 9.17) is 9.47 Å². The highest BCUT2D eigenvalue weighted by molar-refractivity contribution is 5.31. The van der Waals surface area contributed by atoms with Crippen molar-refractivity contribution < 1.29 is 14.6 Å². The van der Waals surface area contributed by atoms with Crippen molar-refractivity contribution >= 4 is 0 Å². The highest BCUT2D eigenvalue weighted by Gasteiger charge is 2.29. The lowest BCUT2D eigenvalue weighted by molar-refractivity contribution is 0.0170. The van der Waals surface area contributed by atoms with Gasteiger partial charge in [0.25, 0.3) is 0 Å². The fourth-order valence-corrected chi connectivity index (χ4v) is 2.44. The van der Waals surface area contributed by atoms with Crippen molar-refractivity contribution in [1.29, 1.82) is 0 Å². The van der Waals surface area contributed by atoms with Crippen LogP contribution in [-0.2, 0) is 4.74 Å². The second-order valence-corrected chi connectivity index (χ2v) is 5.76. The van der Waals surface area contributed by atoms with Crippen LogP contribution in [0.2, 0.25) is 0 Å². The maximum absolute atomic E-state index is 9.93. The predicted octanol–water partition coefficient (Wildman–Crippen LogP) is 1.89. The number of nitrogens with one attached hydrogen (secondary N) is 1. The molecule has 1 aliphatic heterocycles. The van der Waals surface area contributed by atoms with Gasteiger partial charge in [-0.15, -0.1) is 0 Å². The number of aliphatic hydroxyl groups excluding tert-OH is 1. The zero-order valence-corrected chi connectivity index (χ0v) is 12.4. The maximum Gasteiger partial charge on any atom is 0.122 e. The number of aliphatic hydroxyl groups is 1. The maximum atomic E-state index is 9.93. The Bertz CT molecular complexity index is 416. The Hall–Kier alpha value is -1.10. The Morgan fingerprint density at radius 1 is 1.45 bits per heavy atom. The van der Waals surface area contributed by atoms with Gasteiger partial charge in [-0.3, -0.25) is 0 Å². The van der Waals surface area contributed by atoms with Crippen molar-refractivity contribution in [2.45, 2.75) is 38.4 Å². The van der Waals surface area contributed by atoms with Gasteiger partial charge in [-0.2, -0.15) is 0 Å². The standard InChI is InChI=1S/C16H25NO3/c1-13-6-3-4-7-15(13)19-11-14(18)10-17-12-16(2)8-5-9-20-16/h3-4,6-7,14,17-18H,5,8-12H2,1-2H3. The third-order valence-electron chi connectivity index (χ3n) is 3.70. The highest BCUT2D eigenvalue weighted by Crippen LogP contribution is 2.23. The van der Waals surface area contributed by atoms with Gasteiger partial charge in [0, 0.05) is 19.7 Å². The molecule has 2 N–H and O–H groups in total. The molecule has 0 radical (unpaired) electrons. The minimum atomic E-state index is -0.514. The van der Waals surface area contributed by atoms with Crippen LogP contribution in [0.1, 0.15) is 25.3 Å². The summed E-state index contributed by atoms with van der Waals surface area (Å²) in [5.41, 5.74) is 1.01. The van der Waals surface area contributed by atoms with Crippen LogP contribution in [0.3, 0.4) is 0 Å². The number of hydrogen-bond donors (Lipinski definition) is 2. The number of hydrogen-bond acceptors (Lipinski definition) is 4. The molecule has 1 saturated heterocycles. The molecule has 0 bridgehead atoms. The van der Waals surface area contributed by atoms with E-state index in [1.165, 1.54) is 0 Å². The molecule has 1 aromatic rings. The first-order valence-electron chi connectivity index (χ1n) is 7.30. The largest absolute Gasteiger partial charge is 0.491 e. The van der Waals surface area contributed by atoms with E-state index in [0.29, 0.717) is 13.2 Å². The van der Waals surface area contributed by atoms with Gasteiger partial charge in [0.2, 0.25) is 0 Å². The Morgan fingerprint density at radius 3 is 2.95 bits per heavy atom. The third-order valence-corrected chi connectivity index (χ3v) is 3.70. The van der Waals surface area contributed by atoms with Crippen molar-refractivity contribution in [1.82, 2.24) is 5.32 Å². The summed E-state index contributed by atoms with van der Waals surface area (Å²) in [6.45, 7) is 6.55. The van der Waals surface area contributed by atoms with Gasteiger partial charge in [-0.05, 0) is 38.3 Å². The molecule has 20 heavy (non-hydrogen) atoms. The van der Waals surface area contributed by atoms with Crippen LogP contribution < -0.4 is 10.1 Å². The molecule has 1 aromatic carbocycles. The number of aryl methyl sites for hydroxylation is 1. The molecule has 0 amide bonds. The number of benzene rings is 1. The van der Waals surface area contributed by atoms with E-state index < -0.39 is 6.10 Å². The van der Waals surface area contributed by atoms with Gasteiger partial charge in [0.1, 0.15) is 18.5 Å². The minimum absolute atomic E-state index is 0.0728. The van der Waals surface area contributed by atoms with Gasteiger partial charge in [0.15, 0.2) is 0 Å². The fourth-order valence-electron chi connectivity index (χ4n) is 2.44. The molecular weight excluding hydrogens is 254 g/mol. The smallest absolute Gasteiger partial charge is 0.122 e. The van der Waals surface area contributed by atoms with Crippen LogP contribution in [0.4, 0.5) is 0 Å². The molecule has 2 unspecified atom stereocenters. The Balaban J connectivity index is 1.65. The Morgan fingerprint density at radius 2 is 2.25 bits per heavy atom. The molecule has 0 spiro atoms. The lowest BCUT2D eigenvalue weighted by atomic mass is 10.0. The quantitative estimate of drug-likeness (QED) is 0.800. The van der Waals surface area contributed by atoms with E-state index in [-0.39, 0.29) is 5.60 Å². The van der Waals surface area contributed by atoms with Gasteiger partial charge < -0.3 is 19.9 Å². The summed E-state index contributed by atoms with van der Waals surface area (Å²) in [5.74, 6) is 0.831. The lowest BCUT2D eigenvalue weighted by Crippen LogP contribution is -2.41. The van der Waals surface area contributed by atoms with E-state index in [2.05, 4.69) is 12.2 Å². The van der Waals surface area contributed by atoms with E-state index in [1.54, 1.807) is 0 Å². The zero-order chi connectivity index (χ0) is 14.4. The molecule has 4 heteroatoms. The van der Waals surface area contributed by atoms with Gasteiger partial charge in [0.05, 0.1) is 5.60 Å². The lowest BCUT2D eigenvalue weighted by Gasteiger charge is -2.24. The average molecular weight is 279 g/mol. The second-order valence-electron chi connectivity index (χ2n) is 5.76. The summed E-state index contributed by atoms with van der Waals surface area (Å²) in [7, 11) is 0. The van der Waals surface area contributed by atoms with Crippen molar-refractivity contribution in [2.75, 3.05) is 26.3 Å². The fraction of sp³-hybridized carbons (Fsp3) is 0.625. The molecule has 1 heterocycles. The number of para-hydroxylation sites is 1. The number of rotatable bonds is 7. The molecule has 0 aromatic heterocycles. The van der Waals surface area contributed by atoms with E-state index in [0.717, 1.165) is 37.3 Å². The summed E-state index contributed by atoms with van der Waals surface area (Å²) in [6.07, 6.45) is 1.69. The Kier molecular flexibility index (Phi) is 5.40. The second kappa shape index (κ2) is 7.07. The van der Waals surface area contributed by atoms with Crippen LogP contribution in [0.5, 0.6) is 5.75 Å². The monoisotopic (exact) mass is 279 g/mol. The van der Waals surface area contributed by atoms with E-state index in [9.17, 15) is 5.11 Å². The van der Waals surface area contributed by atoms with Crippen molar-refractivity contribution in [2.24, 2.45) is 0 Å². The summed E-state index contributed by atoms with van der Waals surface area (Å²) in [5, 5.41) is 13.2. The average Bonchev–Trinajstić information content (AvgIpc) is 2.85. The summed E-state index contributed by atoms with van der Waals surface area (Å²) < 4.78 is 11.3. The van der Waals surface area contributed by atoms with E-state index in [1.807, 2.05) is 31.2 Å². The summed E-state index contributed by atoms with van der Waals surface area (Å²) in [4.78, 5) is 0. The van der Waals surface area contributed by atoms with Gasteiger partial charge in [-0.25, -0.2) is 0 Å². The number of ether oxygens (including phenoxy) is 2. The highest BCUT2D eigenvalue weighted by atomic mass is 16.5. The van der Waals surface area contributed by atoms with Crippen molar-refractivity contribution in [3.8, 4) is 5.75 Å². The van der Waals surface area contributed by atoms with Crippen molar-refractivity contribution in [3.63, 3.8) is 0 Å². The third kappa shape index (κ3) is 4.47. The molecular formula is C16H25NO3. The van der Waals surface area contributed by atoms with Crippen LogP contribution in [0.25, 0.3) is 0 Å². The van der Waals surface area contributed by atoms with Gasteiger partial charge in [-0.1, -0.05) is 18.2 Å². The zero-order valence-electron chi connectivity index (χ0n) is 12.4. The van der Waals surface area contributed by atoms with E-state index >= 15 is 0 Å². The normalized spacial score (nSPS) is 23.8. The molecule has 0 aliphatic carbocycles. The SMILES string of the molecule is Cc1ccccc1OCC(O)CNCC1(C)CCCO1. The molecule has 1 aliphatic rings. The summed E-state index contributed by atoms with van der Waals surface area (Å²) >= 11 is 0. The topological polar surface area (TPSA) is 50.7 Å². The predicted molar refractivity (Wildman–Crippen MR) is 79.1 cm³/mol. The first kappa shape index (κ1) is 15.3. The first-order valence-corrected chi connectivity index (χ1v) is 7.30. The van der Waals surface area contributed by atoms with Crippen LogP contribution >= 0.6 is 0 Å².